The molecular formula is C26H15F3. The molecule has 0 aliphatic carbocycles. The Hall–Kier alpha value is -3.59. The number of halogens is 3. The van der Waals surface area contributed by atoms with E-state index in [0.717, 1.165) is 33.4 Å². The summed E-state index contributed by atoms with van der Waals surface area (Å²) in [6.07, 6.45) is 0. The van der Waals surface area contributed by atoms with Crippen LogP contribution in [0.5, 0.6) is 0 Å². The fourth-order valence-corrected chi connectivity index (χ4v) is 4.05. The molecule has 0 saturated heterocycles. The number of rotatable bonds is 2. The van der Waals surface area contributed by atoms with Crippen molar-refractivity contribution in [2.24, 2.45) is 0 Å². The Bertz CT molecular complexity index is 1370. The summed E-state index contributed by atoms with van der Waals surface area (Å²) in [5, 5.41) is 3.12. The number of benzene rings is 5. The summed E-state index contributed by atoms with van der Waals surface area (Å²) < 4.78 is 42.6. The van der Waals surface area contributed by atoms with Crippen LogP contribution in [0.15, 0.2) is 91.0 Å². The molecule has 29 heavy (non-hydrogen) atoms. The number of hydrogen-bond donors (Lipinski definition) is 0. The molecule has 0 spiro atoms. The quantitative estimate of drug-likeness (QED) is 0.273. The van der Waals surface area contributed by atoms with E-state index in [0.29, 0.717) is 10.9 Å². The van der Waals surface area contributed by atoms with Crippen molar-refractivity contribution in [1.29, 1.82) is 0 Å². The van der Waals surface area contributed by atoms with Crippen molar-refractivity contribution in [2.75, 3.05) is 0 Å². The van der Waals surface area contributed by atoms with E-state index in [4.69, 9.17) is 0 Å². The minimum atomic E-state index is -0.673. The summed E-state index contributed by atoms with van der Waals surface area (Å²) >= 11 is 0. The Kier molecular flexibility index (Phi) is 4.09. The zero-order chi connectivity index (χ0) is 20.0. The Morgan fingerprint density at radius 3 is 1.76 bits per heavy atom. The normalized spacial score (nSPS) is 11.3. The molecular weight excluding hydrogens is 369 g/mol. The van der Waals surface area contributed by atoms with Gasteiger partial charge in [-0.25, -0.2) is 13.2 Å². The van der Waals surface area contributed by atoms with Crippen LogP contribution >= 0.6 is 0 Å². The third-order valence-electron chi connectivity index (χ3n) is 5.25. The monoisotopic (exact) mass is 384 g/mol. The highest BCUT2D eigenvalue weighted by molar-refractivity contribution is 6.21. The van der Waals surface area contributed by atoms with E-state index in [9.17, 15) is 13.2 Å². The molecule has 5 aromatic carbocycles. The topological polar surface area (TPSA) is 0 Å². The molecule has 0 nitrogen and oxygen atoms in total. The lowest BCUT2D eigenvalue weighted by molar-refractivity contribution is 0.586. The molecule has 5 rings (SSSR count). The van der Waals surface area contributed by atoms with Gasteiger partial charge in [0.25, 0.3) is 0 Å². The van der Waals surface area contributed by atoms with Crippen molar-refractivity contribution in [3.63, 3.8) is 0 Å². The third kappa shape index (κ3) is 2.87. The van der Waals surface area contributed by atoms with Crippen molar-refractivity contribution in [3.05, 3.63) is 108 Å². The minimum absolute atomic E-state index is 0.248. The van der Waals surface area contributed by atoms with Crippen LogP contribution in [0.2, 0.25) is 0 Å². The van der Waals surface area contributed by atoms with E-state index in [1.54, 1.807) is 6.07 Å². The summed E-state index contributed by atoms with van der Waals surface area (Å²) in [5.41, 5.74) is 2.76. The lowest BCUT2D eigenvalue weighted by Crippen LogP contribution is -1.94. The van der Waals surface area contributed by atoms with Crippen LogP contribution in [0.1, 0.15) is 0 Å². The van der Waals surface area contributed by atoms with Gasteiger partial charge in [0.1, 0.15) is 17.5 Å². The van der Waals surface area contributed by atoms with E-state index in [1.807, 2.05) is 54.6 Å². The fraction of sp³-hybridized carbons (Fsp3) is 0. The van der Waals surface area contributed by atoms with E-state index in [-0.39, 0.29) is 5.56 Å². The largest absolute Gasteiger partial charge is 0.207 e. The molecule has 0 aromatic heterocycles. The van der Waals surface area contributed by atoms with Gasteiger partial charge in [-0.2, -0.15) is 0 Å². The van der Waals surface area contributed by atoms with Crippen molar-refractivity contribution < 1.29 is 13.2 Å². The molecule has 0 fully saturated rings. The van der Waals surface area contributed by atoms with Gasteiger partial charge in [-0.3, -0.25) is 0 Å². The molecule has 0 aliphatic heterocycles. The second-order valence-corrected chi connectivity index (χ2v) is 6.98. The van der Waals surface area contributed by atoms with Gasteiger partial charge in [0.15, 0.2) is 0 Å². The Balaban J connectivity index is 2.02. The molecule has 0 radical (unpaired) electrons. The van der Waals surface area contributed by atoms with Crippen molar-refractivity contribution in [1.82, 2.24) is 0 Å². The molecule has 140 valence electrons. The summed E-state index contributed by atoms with van der Waals surface area (Å²) in [6.45, 7) is 0. The van der Waals surface area contributed by atoms with Gasteiger partial charge in [0.05, 0.1) is 0 Å². The van der Waals surface area contributed by atoms with Gasteiger partial charge in [0, 0.05) is 17.2 Å². The van der Waals surface area contributed by atoms with E-state index >= 15 is 0 Å². The van der Waals surface area contributed by atoms with E-state index in [1.165, 1.54) is 24.3 Å². The van der Waals surface area contributed by atoms with Crippen molar-refractivity contribution >= 4 is 21.5 Å². The maximum Gasteiger partial charge on any atom is 0.133 e. The zero-order valence-electron chi connectivity index (χ0n) is 15.3. The van der Waals surface area contributed by atoms with E-state index < -0.39 is 17.5 Å². The highest BCUT2D eigenvalue weighted by Gasteiger charge is 2.19. The standard InChI is InChI=1S/C26H15F3/c27-17-10-12-21-23(14-17)26(22-13-11-18(28)15-24(22)29)20-9-5-4-8-19(20)25(21)16-6-2-1-3-7-16/h1-15H. The predicted molar refractivity (Wildman–Crippen MR) is 112 cm³/mol. The molecule has 0 atom stereocenters. The van der Waals surface area contributed by atoms with Gasteiger partial charge in [-0.1, -0.05) is 60.7 Å². The maximum atomic E-state index is 14.8. The molecule has 0 saturated carbocycles. The Morgan fingerprint density at radius 2 is 1.03 bits per heavy atom. The van der Waals surface area contributed by atoms with E-state index in [2.05, 4.69) is 0 Å². The van der Waals surface area contributed by atoms with Crippen LogP contribution in [0.3, 0.4) is 0 Å². The Morgan fingerprint density at radius 1 is 0.448 bits per heavy atom. The highest BCUT2D eigenvalue weighted by Crippen LogP contribution is 2.44. The molecule has 0 aliphatic rings. The average Bonchev–Trinajstić information content (AvgIpc) is 2.73. The van der Waals surface area contributed by atoms with Crippen LogP contribution in [0.25, 0.3) is 43.8 Å². The first-order chi connectivity index (χ1) is 14.1. The van der Waals surface area contributed by atoms with Crippen LogP contribution in [0.4, 0.5) is 13.2 Å². The van der Waals surface area contributed by atoms with Gasteiger partial charge >= 0.3 is 0 Å². The first kappa shape index (κ1) is 17.5. The molecule has 5 aromatic rings. The van der Waals surface area contributed by atoms with Crippen LogP contribution in [0, 0.1) is 17.5 Å². The predicted octanol–water partition coefficient (Wildman–Crippen LogP) is 7.74. The smallest absolute Gasteiger partial charge is 0.133 e. The maximum absolute atomic E-state index is 14.8. The summed E-state index contributed by atoms with van der Waals surface area (Å²) in [5.74, 6) is -1.73. The first-order valence-electron chi connectivity index (χ1n) is 9.28. The summed E-state index contributed by atoms with van der Waals surface area (Å²) in [7, 11) is 0. The summed E-state index contributed by atoms with van der Waals surface area (Å²) in [4.78, 5) is 0. The Labute approximate surface area is 165 Å². The average molecular weight is 384 g/mol. The molecule has 0 amide bonds. The lowest BCUT2D eigenvalue weighted by atomic mass is 9.86. The first-order valence-corrected chi connectivity index (χ1v) is 9.28. The molecule has 0 unspecified atom stereocenters. The number of hydrogen-bond acceptors (Lipinski definition) is 0. The SMILES string of the molecule is Fc1ccc(-c2c3ccccc3c(-c3ccccc3)c3ccc(F)cc23)c(F)c1. The van der Waals surface area contributed by atoms with Gasteiger partial charge in [0.2, 0.25) is 0 Å². The molecule has 0 heterocycles. The van der Waals surface area contributed by atoms with Gasteiger partial charge < -0.3 is 0 Å². The number of fused-ring (bicyclic) bond motifs is 2. The van der Waals surface area contributed by atoms with Crippen LogP contribution < -0.4 is 0 Å². The van der Waals surface area contributed by atoms with Crippen molar-refractivity contribution in [2.45, 2.75) is 0 Å². The third-order valence-corrected chi connectivity index (χ3v) is 5.25. The second-order valence-electron chi connectivity index (χ2n) is 6.98. The minimum Gasteiger partial charge on any atom is -0.207 e. The van der Waals surface area contributed by atoms with Crippen LogP contribution in [-0.2, 0) is 0 Å². The van der Waals surface area contributed by atoms with Gasteiger partial charge in [-0.05, 0) is 56.9 Å². The van der Waals surface area contributed by atoms with Crippen LogP contribution in [-0.4, -0.2) is 0 Å². The second kappa shape index (κ2) is 6.78. The molecule has 0 bridgehead atoms. The summed E-state index contributed by atoms with van der Waals surface area (Å²) in [6, 6.07) is 25.6. The molecule has 3 heteroatoms. The highest BCUT2D eigenvalue weighted by atomic mass is 19.1. The lowest BCUT2D eigenvalue weighted by Gasteiger charge is -2.18. The zero-order valence-corrected chi connectivity index (χ0v) is 15.3. The van der Waals surface area contributed by atoms with Crippen molar-refractivity contribution in [3.8, 4) is 22.3 Å². The molecule has 0 N–H and O–H groups in total. The van der Waals surface area contributed by atoms with Gasteiger partial charge in [-0.15, -0.1) is 0 Å². The fourth-order valence-electron chi connectivity index (χ4n) is 4.05.